The SMILES string of the molecule is O=c1cc(CNc2ccc(F)cc2Cl)nc2ccc(Cl)cn12. The van der Waals surface area contributed by atoms with E-state index in [1.54, 1.807) is 12.1 Å². The monoisotopic (exact) mass is 337 g/mol. The highest BCUT2D eigenvalue weighted by Crippen LogP contribution is 2.22. The number of aromatic nitrogens is 2. The molecule has 2 aromatic heterocycles. The van der Waals surface area contributed by atoms with Crippen molar-refractivity contribution in [2.24, 2.45) is 0 Å². The lowest BCUT2D eigenvalue weighted by atomic mass is 10.3. The maximum atomic E-state index is 13.0. The van der Waals surface area contributed by atoms with E-state index >= 15 is 0 Å². The van der Waals surface area contributed by atoms with Crippen molar-refractivity contribution in [3.8, 4) is 0 Å². The number of hydrogen-bond donors (Lipinski definition) is 1. The Kier molecular flexibility index (Phi) is 4.00. The zero-order valence-electron chi connectivity index (χ0n) is 11.2. The molecule has 0 saturated heterocycles. The van der Waals surface area contributed by atoms with Crippen LogP contribution in [0.3, 0.4) is 0 Å². The van der Waals surface area contributed by atoms with Crippen LogP contribution in [0.15, 0.2) is 47.4 Å². The maximum Gasteiger partial charge on any atom is 0.258 e. The molecule has 0 amide bonds. The highest BCUT2D eigenvalue weighted by molar-refractivity contribution is 6.33. The molecule has 0 aliphatic carbocycles. The molecule has 0 unspecified atom stereocenters. The quantitative estimate of drug-likeness (QED) is 0.791. The number of nitrogens with zero attached hydrogens (tertiary/aromatic N) is 2. The molecular weight excluding hydrogens is 328 g/mol. The lowest BCUT2D eigenvalue weighted by Gasteiger charge is -2.09. The van der Waals surface area contributed by atoms with Gasteiger partial charge < -0.3 is 5.32 Å². The number of fused-ring (bicyclic) bond motifs is 1. The van der Waals surface area contributed by atoms with E-state index < -0.39 is 5.82 Å². The topological polar surface area (TPSA) is 46.4 Å². The molecule has 0 radical (unpaired) electrons. The van der Waals surface area contributed by atoms with Crippen LogP contribution < -0.4 is 10.9 Å². The van der Waals surface area contributed by atoms with Gasteiger partial charge in [0.2, 0.25) is 0 Å². The first-order chi connectivity index (χ1) is 10.5. The van der Waals surface area contributed by atoms with E-state index in [0.717, 1.165) is 0 Å². The third-order valence-corrected chi connectivity index (χ3v) is 3.60. The average Bonchev–Trinajstić information content (AvgIpc) is 2.47. The largest absolute Gasteiger partial charge is 0.378 e. The number of nitrogens with one attached hydrogen (secondary N) is 1. The molecular formula is C15H10Cl2FN3O. The molecule has 3 rings (SSSR count). The third-order valence-electron chi connectivity index (χ3n) is 3.07. The normalized spacial score (nSPS) is 10.9. The Morgan fingerprint density at radius 3 is 2.77 bits per heavy atom. The minimum atomic E-state index is -0.408. The van der Waals surface area contributed by atoms with Gasteiger partial charge in [0.15, 0.2) is 0 Å². The van der Waals surface area contributed by atoms with E-state index in [-0.39, 0.29) is 10.6 Å². The first-order valence-corrected chi connectivity index (χ1v) is 7.15. The molecule has 7 heteroatoms. The van der Waals surface area contributed by atoms with Crippen molar-refractivity contribution in [2.45, 2.75) is 6.54 Å². The van der Waals surface area contributed by atoms with Crippen LogP contribution in [0, 0.1) is 5.82 Å². The Morgan fingerprint density at radius 1 is 1.18 bits per heavy atom. The summed E-state index contributed by atoms with van der Waals surface area (Å²) in [5, 5.41) is 3.75. The molecule has 112 valence electrons. The van der Waals surface area contributed by atoms with Crippen LogP contribution in [-0.4, -0.2) is 9.38 Å². The Bertz CT molecular complexity index is 911. The summed E-state index contributed by atoms with van der Waals surface area (Å²) in [6.07, 6.45) is 1.51. The zero-order chi connectivity index (χ0) is 15.7. The van der Waals surface area contributed by atoms with Gasteiger partial charge in [0.05, 0.1) is 28.0 Å². The summed E-state index contributed by atoms with van der Waals surface area (Å²) in [5.41, 5.74) is 1.39. The zero-order valence-corrected chi connectivity index (χ0v) is 12.7. The van der Waals surface area contributed by atoms with Crippen molar-refractivity contribution >= 4 is 34.5 Å². The molecule has 0 spiro atoms. The number of benzene rings is 1. The van der Waals surface area contributed by atoms with Crippen LogP contribution in [0.5, 0.6) is 0 Å². The highest BCUT2D eigenvalue weighted by atomic mass is 35.5. The second-order valence-electron chi connectivity index (χ2n) is 4.64. The molecule has 0 bridgehead atoms. The number of halogens is 3. The van der Waals surface area contributed by atoms with Gasteiger partial charge in [0.25, 0.3) is 5.56 Å². The predicted octanol–water partition coefficient (Wildman–Crippen LogP) is 3.75. The molecule has 1 N–H and O–H groups in total. The number of pyridine rings is 1. The summed E-state index contributed by atoms with van der Waals surface area (Å²) in [6.45, 7) is 0.291. The molecule has 2 heterocycles. The lowest BCUT2D eigenvalue weighted by Crippen LogP contribution is -2.16. The second-order valence-corrected chi connectivity index (χ2v) is 5.48. The van der Waals surface area contributed by atoms with Crippen LogP contribution >= 0.6 is 23.2 Å². The molecule has 4 nitrogen and oxygen atoms in total. The Labute approximate surface area is 135 Å². The molecule has 1 aromatic carbocycles. The fraction of sp³-hybridized carbons (Fsp3) is 0.0667. The summed E-state index contributed by atoms with van der Waals surface area (Å²) in [4.78, 5) is 16.4. The maximum absolute atomic E-state index is 13.0. The van der Waals surface area contributed by atoms with E-state index in [0.29, 0.717) is 28.6 Å². The molecule has 0 aliphatic heterocycles. The van der Waals surface area contributed by atoms with Crippen molar-refractivity contribution in [1.29, 1.82) is 0 Å². The van der Waals surface area contributed by atoms with E-state index in [2.05, 4.69) is 10.3 Å². The van der Waals surface area contributed by atoms with Crippen molar-refractivity contribution in [3.63, 3.8) is 0 Å². The molecule has 3 aromatic rings. The van der Waals surface area contributed by atoms with Crippen molar-refractivity contribution < 1.29 is 4.39 Å². The van der Waals surface area contributed by atoms with Gasteiger partial charge in [-0.3, -0.25) is 9.20 Å². The molecule has 0 fully saturated rings. The number of anilines is 1. The fourth-order valence-corrected chi connectivity index (χ4v) is 2.43. The minimum absolute atomic E-state index is 0.227. The van der Waals surface area contributed by atoms with E-state index in [1.807, 2.05) is 0 Å². The molecule has 0 aliphatic rings. The summed E-state index contributed by atoms with van der Waals surface area (Å²) in [7, 11) is 0. The standard InChI is InChI=1S/C15H10Cl2FN3O/c16-9-1-4-14-20-11(6-15(22)21(14)8-9)7-19-13-3-2-10(18)5-12(13)17/h1-6,8,19H,7H2. The van der Waals surface area contributed by atoms with Crippen molar-refractivity contribution in [1.82, 2.24) is 9.38 Å². The van der Waals surface area contributed by atoms with Gasteiger partial charge in [-0.1, -0.05) is 23.2 Å². The summed E-state index contributed by atoms with van der Waals surface area (Å²) >= 11 is 11.8. The lowest BCUT2D eigenvalue weighted by molar-refractivity contribution is 0.628. The van der Waals surface area contributed by atoms with Crippen LogP contribution in [-0.2, 0) is 6.54 Å². The first kappa shape index (κ1) is 14.8. The third kappa shape index (κ3) is 3.05. The molecule has 22 heavy (non-hydrogen) atoms. The van der Waals surface area contributed by atoms with Gasteiger partial charge in [-0.2, -0.15) is 0 Å². The molecule has 0 saturated carbocycles. The van der Waals surface area contributed by atoms with Gasteiger partial charge in [-0.15, -0.1) is 0 Å². The number of rotatable bonds is 3. The van der Waals surface area contributed by atoms with E-state index in [1.165, 1.54) is 34.9 Å². The Morgan fingerprint density at radius 2 is 2.00 bits per heavy atom. The van der Waals surface area contributed by atoms with Gasteiger partial charge in [0.1, 0.15) is 11.5 Å². The van der Waals surface area contributed by atoms with Crippen LogP contribution in [0.4, 0.5) is 10.1 Å². The predicted molar refractivity (Wildman–Crippen MR) is 85.2 cm³/mol. The average molecular weight is 338 g/mol. The smallest absolute Gasteiger partial charge is 0.258 e. The summed E-state index contributed by atoms with van der Waals surface area (Å²) in [5.74, 6) is -0.408. The first-order valence-electron chi connectivity index (χ1n) is 6.40. The number of hydrogen-bond acceptors (Lipinski definition) is 3. The summed E-state index contributed by atoms with van der Waals surface area (Å²) in [6, 6.07) is 8.79. The van der Waals surface area contributed by atoms with Gasteiger partial charge in [-0.25, -0.2) is 9.37 Å². The van der Waals surface area contributed by atoms with Gasteiger partial charge in [0, 0.05) is 12.3 Å². The Balaban J connectivity index is 1.88. The van der Waals surface area contributed by atoms with Gasteiger partial charge >= 0.3 is 0 Å². The van der Waals surface area contributed by atoms with E-state index in [9.17, 15) is 9.18 Å². The highest BCUT2D eigenvalue weighted by Gasteiger charge is 2.05. The van der Waals surface area contributed by atoms with Crippen molar-refractivity contribution in [2.75, 3.05) is 5.32 Å². The van der Waals surface area contributed by atoms with Crippen LogP contribution in [0.2, 0.25) is 10.0 Å². The van der Waals surface area contributed by atoms with Crippen molar-refractivity contribution in [3.05, 3.63) is 74.5 Å². The van der Waals surface area contributed by atoms with Gasteiger partial charge in [-0.05, 0) is 30.3 Å². The van der Waals surface area contributed by atoms with Crippen LogP contribution in [0.25, 0.3) is 5.65 Å². The van der Waals surface area contributed by atoms with E-state index in [4.69, 9.17) is 23.2 Å². The molecule has 0 atom stereocenters. The minimum Gasteiger partial charge on any atom is -0.378 e. The summed E-state index contributed by atoms with van der Waals surface area (Å²) < 4.78 is 14.4. The fourth-order valence-electron chi connectivity index (χ4n) is 2.04. The Hall–Kier alpha value is -2.11. The second kappa shape index (κ2) is 5.94. The van der Waals surface area contributed by atoms with Crippen LogP contribution in [0.1, 0.15) is 5.69 Å².